The van der Waals surface area contributed by atoms with Gasteiger partial charge in [-0.1, -0.05) is 24.0 Å². The number of nitrogens with one attached hydrogen (secondary N) is 1. The molecule has 80 valence electrons. The zero-order valence-corrected chi connectivity index (χ0v) is 8.75. The minimum Gasteiger partial charge on any atom is -0.328 e. The summed E-state index contributed by atoms with van der Waals surface area (Å²) < 4.78 is 12.7. The van der Waals surface area contributed by atoms with E-state index in [0.717, 1.165) is 0 Å². The number of terminal acetylenes is 1. The molecule has 0 aliphatic carbocycles. The molecule has 0 aliphatic heterocycles. The SMILES string of the molecule is C#CC(NC(=O)C#CC)c1ccc(F)cc1. The fourth-order valence-corrected chi connectivity index (χ4v) is 1.16. The topological polar surface area (TPSA) is 29.1 Å². The van der Waals surface area contributed by atoms with Crippen LogP contribution in [0, 0.1) is 30.0 Å². The van der Waals surface area contributed by atoms with Gasteiger partial charge in [0.15, 0.2) is 0 Å². The minimum absolute atomic E-state index is 0.348. The molecule has 0 spiro atoms. The first-order chi connectivity index (χ1) is 7.67. The molecule has 1 atom stereocenters. The van der Waals surface area contributed by atoms with Crippen molar-refractivity contribution in [2.45, 2.75) is 13.0 Å². The molecule has 16 heavy (non-hydrogen) atoms. The standard InChI is InChI=1S/C13H10FNO/c1-3-5-13(16)15-12(4-2)10-6-8-11(14)9-7-10/h2,6-9,12H,1H3,(H,15,16). The molecule has 1 unspecified atom stereocenters. The van der Waals surface area contributed by atoms with Crippen LogP contribution in [0.1, 0.15) is 18.5 Å². The van der Waals surface area contributed by atoms with Gasteiger partial charge >= 0.3 is 0 Å². The van der Waals surface area contributed by atoms with Crippen molar-refractivity contribution in [3.63, 3.8) is 0 Å². The third kappa shape index (κ3) is 3.15. The Hall–Kier alpha value is -2.26. The fourth-order valence-electron chi connectivity index (χ4n) is 1.16. The van der Waals surface area contributed by atoms with Gasteiger partial charge in [0.1, 0.15) is 11.9 Å². The predicted molar refractivity (Wildman–Crippen MR) is 59.6 cm³/mol. The summed E-state index contributed by atoms with van der Waals surface area (Å²) >= 11 is 0. The smallest absolute Gasteiger partial charge is 0.297 e. The van der Waals surface area contributed by atoms with Crippen LogP contribution < -0.4 is 5.32 Å². The van der Waals surface area contributed by atoms with Gasteiger partial charge in [-0.2, -0.15) is 0 Å². The largest absolute Gasteiger partial charge is 0.328 e. The highest BCUT2D eigenvalue weighted by Crippen LogP contribution is 2.12. The second-order valence-electron chi connectivity index (χ2n) is 3.00. The highest BCUT2D eigenvalue weighted by Gasteiger charge is 2.09. The van der Waals surface area contributed by atoms with Gasteiger partial charge < -0.3 is 5.32 Å². The first-order valence-corrected chi connectivity index (χ1v) is 4.62. The maximum atomic E-state index is 12.7. The van der Waals surface area contributed by atoms with Crippen molar-refractivity contribution in [3.8, 4) is 24.2 Å². The van der Waals surface area contributed by atoms with Crippen LogP contribution in [-0.2, 0) is 4.79 Å². The Morgan fingerprint density at radius 2 is 2.06 bits per heavy atom. The molecule has 0 aliphatic rings. The Kier molecular flexibility index (Phi) is 4.12. The number of carbonyl (C=O) groups is 1. The summed E-state index contributed by atoms with van der Waals surface area (Å²) in [7, 11) is 0. The van der Waals surface area contributed by atoms with Crippen LogP contribution in [0.5, 0.6) is 0 Å². The molecule has 3 heteroatoms. The number of carbonyl (C=O) groups excluding carboxylic acids is 1. The zero-order valence-electron chi connectivity index (χ0n) is 8.75. The van der Waals surface area contributed by atoms with Crippen molar-refractivity contribution in [2.75, 3.05) is 0 Å². The Balaban J connectivity index is 2.82. The van der Waals surface area contributed by atoms with Crippen molar-refractivity contribution < 1.29 is 9.18 Å². The summed E-state index contributed by atoms with van der Waals surface area (Å²) in [6.45, 7) is 1.56. The van der Waals surface area contributed by atoms with Crippen molar-refractivity contribution in [2.24, 2.45) is 0 Å². The summed E-state index contributed by atoms with van der Waals surface area (Å²) in [5, 5.41) is 2.53. The molecule has 0 fully saturated rings. The van der Waals surface area contributed by atoms with Gasteiger partial charge in [0.2, 0.25) is 0 Å². The number of rotatable bonds is 2. The van der Waals surface area contributed by atoms with Crippen LogP contribution in [0.15, 0.2) is 24.3 Å². The minimum atomic E-state index is -0.589. The molecule has 0 saturated carbocycles. The van der Waals surface area contributed by atoms with Crippen LogP contribution in [0.4, 0.5) is 4.39 Å². The zero-order chi connectivity index (χ0) is 12.0. The van der Waals surface area contributed by atoms with Gasteiger partial charge in [0.05, 0.1) is 0 Å². The third-order valence-electron chi connectivity index (χ3n) is 1.88. The molecule has 0 heterocycles. The Morgan fingerprint density at radius 3 is 2.56 bits per heavy atom. The van der Waals surface area contributed by atoms with E-state index in [0.29, 0.717) is 5.56 Å². The van der Waals surface area contributed by atoms with Crippen LogP contribution in [-0.4, -0.2) is 5.91 Å². The van der Waals surface area contributed by atoms with E-state index in [1.807, 2.05) is 0 Å². The second kappa shape index (κ2) is 5.58. The van der Waals surface area contributed by atoms with Crippen molar-refractivity contribution in [3.05, 3.63) is 35.6 Å². The molecule has 1 aromatic carbocycles. The van der Waals surface area contributed by atoms with Gasteiger partial charge in [0, 0.05) is 0 Å². The van der Waals surface area contributed by atoms with Crippen molar-refractivity contribution >= 4 is 5.91 Å². The first-order valence-electron chi connectivity index (χ1n) is 4.62. The van der Waals surface area contributed by atoms with E-state index in [-0.39, 0.29) is 5.82 Å². The van der Waals surface area contributed by atoms with Crippen LogP contribution in [0.3, 0.4) is 0 Å². The molecule has 1 rings (SSSR count). The number of benzene rings is 1. The quantitative estimate of drug-likeness (QED) is 0.746. The molecule has 1 amide bonds. The maximum Gasteiger partial charge on any atom is 0.297 e. The monoisotopic (exact) mass is 215 g/mol. The van der Waals surface area contributed by atoms with Gasteiger partial charge in [0.25, 0.3) is 5.91 Å². The summed E-state index contributed by atoms with van der Waals surface area (Å²) in [6.07, 6.45) is 5.28. The lowest BCUT2D eigenvalue weighted by molar-refractivity contribution is -0.116. The molecule has 2 nitrogen and oxygen atoms in total. The highest BCUT2D eigenvalue weighted by molar-refractivity contribution is 5.93. The number of amides is 1. The van der Waals surface area contributed by atoms with Crippen molar-refractivity contribution in [1.82, 2.24) is 5.32 Å². The average Bonchev–Trinajstić information content (AvgIpc) is 2.27. The number of halogens is 1. The van der Waals surface area contributed by atoms with Gasteiger partial charge in [-0.05, 0) is 30.5 Å². The predicted octanol–water partition coefficient (Wildman–Crippen LogP) is 1.64. The van der Waals surface area contributed by atoms with Gasteiger partial charge in [-0.15, -0.1) is 6.42 Å². The van der Waals surface area contributed by atoms with E-state index in [9.17, 15) is 9.18 Å². The molecule has 0 aromatic heterocycles. The van der Waals surface area contributed by atoms with Gasteiger partial charge in [-0.3, -0.25) is 4.79 Å². The van der Waals surface area contributed by atoms with Crippen LogP contribution in [0.25, 0.3) is 0 Å². The van der Waals surface area contributed by atoms with E-state index < -0.39 is 11.9 Å². The molecule has 0 bridgehead atoms. The fraction of sp³-hybridized carbons (Fsp3) is 0.154. The molecule has 1 aromatic rings. The Labute approximate surface area is 93.9 Å². The first kappa shape index (κ1) is 11.8. The molecule has 0 radical (unpaired) electrons. The summed E-state index contributed by atoms with van der Waals surface area (Å²) in [5.41, 5.74) is 0.648. The second-order valence-corrected chi connectivity index (χ2v) is 3.00. The lowest BCUT2D eigenvalue weighted by Gasteiger charge is -2.10. The van der Waals surface area contributed by atoms with E-state index >= 15 is 0 Å². The Bertz CT molecular complexity index is 473. The molecule has 0 saturated heterocycles. The van der Waals surface area contributed by atoms with E-state index in [2.05, 4.69) is 23.1 Å². The summed E-state index contributed by atoms with van der Waals surface area (Å²) in [5.74, 6) is 6.40. The van der Waals surface area contributed by atoms with Crippen molar-refractivity contribution in [1.29, 1.82) is 0 Å². The maximum absolute atomic E-state index is 12.7. The third-order valence-corrected chi connectivity index (χ3v) is 1.88. The lowest BCUT2D eigenvalue weighted by atomic mass is 10.1. The normalized spacial score (nSPS) is 10.6. The molecular formula is C13H10FNO. The van der Waals surface area contributed by atoms with E-state index in [1.165, 1.54) is 24.3 Å². The number of hydrogen-bond donors (Lipinski definition) is 1. The lowest BCUT2D eigenvalue weighted by Crippen LogP contribution is -2.26. The summed E-state index contributed by atoms with van der Waals surface area (Å²) in [4.78, 5) is 11.2. The molecular weight excluding hydrogens is 205 g/mol. The summed E-state index contributed by atoms with van der Waals surface area (Å²) in [6, 6.07) is 5.04. The highest BCUT2D eigenvalue weighted by atomic mass is 19.1. The Morgan fingerprint density at radius 1 is 1.44 bits per heavy atom. The van der Waals surface area contributed by atoms with Crippen LogP contribution >= 0.6 is 0 Å². The average molecular weight is 215 g/mol. The van der Waals surface area contributed by atoms with E-state index in [1.54, 1.807) is 6.92 Å². The number of hydrogen-bond acceptors (Lipinski definition) is 1. The molecule has 1 N–H and O–H groups in total. The van der Waals surface area contributed by atoms with E-state index in [4.69, 9.17) is 6.42 Å². The van der Waals surface area contributed by atoms with Gasteiger partial charge in [-0.25, -0.2) is 4.39 Å². The van der Waals surface area contributed by atoms with Crippen LogP contribution in [0.2, 0.25) is 0 Å².